The van der Waals surface area contributed by atoms with Crippen LogP contribution in [0.15, 0.2) is 47.3 Å². The summed E-state index contributed by atoms with van der Waals surface area (Å²) in [6.07, 6.45) is 1.42. The van der Waals surface area contributed by atoms with Gasteiger partial charge in [0.2, 0.25) is 0 Å². The van der Waals surface area contributed by atoms with Crippen molar-refractivity contribution in [2.24, 2.45) is 0 Å². The minimum absolute atomic E-state index is 0.0136. The van der Waals surface area contributed by atoms with E-state index in [9.17, 15) is 19.7 Å². The van der Waals surface area contributed by atoms with Crippen LogP contribution in [0.4, 0.5) is 5.69 Å². The van der Waals surface area contributed by atoms with E-state index in [1.807, 2.05) is 0 Å². The average Bonchev–Trinajstić information content (AvgIpc) is 2.61. The van der Waals surface area contributed by atoms with Gasteiger partial charge in [0.25, 0.3) is 11.2 Å². The van der Waals surface area contributed by atoms with Gasteiger partial charge in [-0.2, -0.15) is 0 Å². The summed E-state index contributed by atoms with van der Waals surface area (Å²) in [6.45, 7) is 0. The van der Waals surface area contributed by atoms with Crippen molar-refractivity contribution in [3.63, 3.8) is 0 Å². The monoisotopic (exact) mass is 371 g/mol. The first-order valence-electron chi connectivity index (χ1n) is 7.24. The second-order valence-corrected chi connectivity index (χ2v) is 5.70. The molecule has 1 aromatic heterocycles. The SMILES string of the molecule is O=C(O)c1ccc2c(=O)[nH]c(/C(Cl)=C/c3cccc([N+](=O)[O-])c3)nc2c1. The Bertz CT molecular complexity index is 1140. The molecule has 0 unspecified atom stereocenters. The highest BCUT2D eigenvalue weighted by atomic mass is 35.5. The molecule has 2 aromatic carbocycles. The highest BCUT2D eigenvalue weighted by Crippen LogP contribution is 2.22. The van der Waals surface area contributed by atoms with Crippen molar-refractivity contribution in [1.82, 2.24) is 9.97 Å². The van der Waals surface area contributed by atoms with E-state index in [1.165, 1.54) is 42.5 Å². The fourth-order valence-electron chi connectivity index (χ4n) is 2.33. The number of nitro benzene ring substituents is 1. The van der Waals surface area contributed by atoms with Gasteiger partial charge in [-0.25, -0.2) is 9.78 Å². The van der Waals surface area contributed by atoms with Gasteiger partial charge in [-0.15, -0.1) is 0 Å². The number of benzene rings is 2. The average molecular weight is 372 g/mol. The van der Waals surface area contributed by atoms with Crippen molar-refractivity contribution in [1.29, 1.82) is 0 Å². The van der Waals surface area contributed by atoms with Crippen LogP contribution < -0.4 is 5.56 Å². The van der Waals surface area contributed by atoms with E-state index in [-0.39, 0.29) is 33.0 Å². The molecule has 0 spiro atoms. The summed E-state index contributed by atoms with van der Waals surface area (Å²) in [5.41, 5.74) is 0.0302. The molecular formula is C17H10ClN3O5. The number of aromatic carboxylic acids is 1. The number of H-pyrrole nitrogens is 1. The van der Waals surface area contributed by atoms with E-state index in [0.717, 1.165) is 0 Å². The Morgan fingerprint density at radius 2 is 2.04 bits per heavy atom. The van der Waals surface area contributed by atoms with Crippen molar-refractivity contribution >= 4 is 45.3 Å². The number of aromatic nitrogens is 2. The lowest BCUT2D eigenvalue weighted by Crippen LogP contribution is -2.11. The zero-order valence-electron chi connectivity index (χ0n) is 13.0. The van der Waals surface area contributed by atoms with Gasteiger partial charge in [-0.05, 0) is 29.8 Å². The van der Waals surface area contributed by atoms with Gasteiger partial charge in [-0.3, -0.25) is 14.9 Å². The Morgan fingerprint density at radius 3 is 2.73 bits per heavy atom. The molecule has 0 radical (unpaired) electrons. The highest BCUT2D eigenvalue weighted by molar-refractivity contribution is 6.50. The van der Waals surface area contributed by atoms with Crippen molar-refractivity contribution in [3.05, 3.63) is 79.9 Å². The Hall–Kier alpha value is -3.52. The number of hydrogen-bond acceptors (Lipinski definition) is 5. The molecule has 0 aliphatic carbocycles. The van der Waals surface area contributed by atoms with Crippen molar-refractivity contribution in [3.8, 4) is 0 Å². The van der Waals surface area contributed by atoms with E-state index in [0.29, 0.717) is 5.56 Å². The lowest BCUT2D eigenvalue weighted by Gasteiger charge is -2.03. The van der Waals surface area contributed by atoms with Gasteiger partial charge in [0.1, 0.15) is 0 Å². The number of nitrogens with one attached hydrogen (secondary N) is 1. The maximum Gasteiger partial charge on any atom is 0.335 e. The summed E-state index contributed by atoms with van der Waals surface area (Å²) in [6, 6.07) is 9.72. The van der Waals surface area contributed by atoms with Gasteiger partial charge in [0.05, 0.1) is 26.4 Å². The number of carboxylic acids is 1. The molecule has 130 valence electrons. The van der Waals surface area contributed by atoms with Crippen LogP contribution in [-0.4, -0.2) is 26.0 Å². The molecular weight excluding hydrogens is 362 g/mol. The number of halogens is 1. The van der Waals surface area contributed by atoms with Crippen molar-refractivity contribution in [2.75, 3.05) is 0 Å². The topological polar surface area (TPSA) is 126 Å². The quantitative estimate of drug-likeness (QED) is 0.535. The molecule has 0 aliphatic rings. The molecule has 3 rings (SSSR count). The van der Waals surface area contributed by atoms with Crippen LogP contribution in [0.2, 0.25) is 0 Å². The van der Waals surface area contributed by atoms with Gasteiger partial charge in [-0.1, -0.05) is 23.7 Å². The number of hydrogen-bond donors (Lipinski definition) is 2. The third-order valence-electron chi connectivity index (χ3n) is 3.55. The molecule has 0 bridgehead atoms. The maximum atomic E-state index is 12.2. The van der Waals surface area contributed by atoms with Gasteiger partial charge in [0.15, 0.2) is 5.82 Å². The molecule has 0 amide bonds. The summed E-state index contributed by atoms with van der Waals surface area (Å²) < 4.78 is 0. The normalized spacial score (nSPS) is 11.5. The molecule has 8 nitrogen and oxygen atoms in total. The van der Waals surface area contributed by atoms with Crippen LogP contribution in [0.25, 0.3) is 22.0 Å². The van der Waals surface area contributed by atoms with Crippen molar-refractivity contribution in [2.45, 2.75) is 0 Å². The van der Waals surface area contributed by atoms with E-state index in [1.54, 1.807) is 6.07 Å². The summed E-state index contributed by atoms with van der Waals surface area (Å²) in [5.74, 6) is -1.12. The van der Waals surface area contributed by atoms with Crippen molar-refractivity contribution < 1.29 is 14.8 Å². The first-order valence-corrected chi connectivity index (χ1v) is 7.62. The fraction of sp³-hybridized carbons (Fsp3) is 0. The predicted octanol–water partition coefficient (Wildman–Crippen LogP) is 3.27. The molecule has 0 saturated heterocycles. The number of carbonyl (C=O) groups is 1. The number of nitrogens with zero attached hydrogens (tertiary/aromatic N) is 2. The third-order valence-corrected chi connectivity index (χ3v) is 3.84. The molecule has 0 saturated carbocycles. The predicted molar refractivity (Wildman–Crippen MR) is 96.1 cm³/mol. The summed E-state index contributed by atoms with van der Waals surface area (Å²) in [5, 5.41) is 20.1. The molecule has 9 heteroatoms. The van der Waals surface area contributed by atoms with Crippen LogP contribution in [0, 0.1) is 10.1 Å². The molecule has 1 heterocycles. The summed E-state index contributed by atoms with van der Waals surface area (Å²) in [7, 11) is 0. The molecule has 2 N–H and O–H groups in total. The number of nitro groups is 1. The van der Waals surface area contributed by atoms with Crippen LogP contribution in [0.3, 0.4) is 0 Å². The smallest absolute Gasteiger partial charge is 0.335 e. The second kappa shape index (κ2) is 6.77. The molecule has 0 aliphatic heterocycles. The second-order valence-electron chi connectivity index (χ2n) is 5.30. The fourth-order valence-corrected chi connectivity index (χ4v) is 2.54. The molecule has 3 aromatic rings. The highest BCUT2D eigenvalue weighted by Gasteiger charge is 2.11. The van der Waals surface area contributed by atoms with E-state index in [2.05, 4.69) is 9.97 Å². The molecule has 26 heavy (non-hydrogen) atoms. The number of non-ortho nitro benzene ring substituents is 1. The largest absolute Gasteiger partial charge is 0.478 e. The van der Waals surface area contributed by atoms with Crippen LogP contribution in [-0.2, 0) is 0 Å². The molecule has 0 fully saturated rings. The number of aromatic amines is 1. The number of carboxylic acid groups (broad SMARTS) is 1. The van der Waals surface area contributed by atoms with Gasteiger partial charge in [0, 0.05) is 12.1 Å². The minimum Gasteiger partial charge on any atom is -0.478 e. The Morgan fingerprint density at radius 1 is 1.27 bits per heavy atom. The first kappa shape index (κ1) is 17.3. The van der Waals surface area contributed by atoms with Crippen LogP contribution in [0.5, 0.6) is 0 Å². The Balaban J connectivity index is 2.09. The van der Waals surface area contributed by atoms with E-state index >= 15 is 0 Å². The van der Waals surface area contributed by atoms with Gasteiger partial charge >= 0.3 is 5.97 Å². The summed E-state index contributed by atoms with van der Waals surface area (Å²) in [4.78, 5) is 40.2. The zero-order valence-corrected chi connectivity index (χ0v) is 13.7. The first-order chi connectivity index (χ1) is 12.3. The van der Waals surface area contributed by atoms with E-state index < -0.39 is 16.5 Å². The zero-order chi connectivity index (χ0) is 18.8. The number of fused-ring (bicyclic) bond motifs is 1. The maximum absolute atomic E-state index is 12.2. The summed E-state index contributed by atoms with van der Waals surface area (Å²) >= 11 is 6.19. The lowest BCUT2D eigenvalue weighted by molar-refractivity contribution is -0.384. The number of rotatable bonds is 4. The minimum atomic E-state index is -1.14. The Kier molecular flexibility index (Phi) is 4.51. The molecule has 0 atom stereocenters. The van der Waals surface area contributed by atoms with Crippen LogP contribution in [0.1, 0.15) is 21.7 Å². The standard InChI is InChI=1S/C17H10ClN3O5/c18-13(7-9-2-1-3-11(6-9)21(25)26)15-19-14-8-10(17(23)24)4-5-12(14)16(22)20-15/h1-8H,(H,23,24)(H,19,20,22)/b13-7-. The third kappa shape index (κ3) is 3.45. The van der Waals surface area contributed by atoms with Gasteiger partial charge < -0.3 is 10.1 Å². The Labute approximate surface area is 150 Å². The van der Waals surface area contributed by atoms with Crippen LogP contribution >= 0.6 is 11.6 Å². The lowest BCUT2D eigenvalue weighted by atomic mass is 10.1. The van der Waals surface area contributed by atoms with E-state index in [4.69, 9.17) is 16.7 Å².